The summed E-state index contributed by atoms with van der Waals surface area (Å²) in [5.74, 6) is 2.77. The average molecular weight is 575 g/mol. The smallest absolute Gasteiger partial charge is 0.138 e. The topological polar surface area (TPSA) is 110 Å². The first-order valence-electron chi connectivity index (χ1n) is 14.1. The lowest BCUT2D eigenvalue weighted by Gasteiger charge is -2.03. The summed E-state index contributed by atoms with van der Waals surface area (Å²) in [5, 5.41) is 0. The molecule has 0 saturated heterocycles. The molecule has 7 aromatic heterocycles. The molecule has 8 heteroatoms. The molecule has 0 fully saturated rings. The van der Waals surface area contributed by atoms with Gasteiger partial charge in [-0.25, -0.2) is 9.97 Å². The summed E-state index contributed by atoms with van der Waals surface area (Å²) >= 11 is 0. The van der Waals surface area contributed by atoms with Crippen LogP contribution in [0, 0.1) is 0 Å². The third-order valence-electron chi connectivity index (χ3n) is 7.82. The molecule has 0 unspecified atom stereocenters. The van der Waals surface area contributed by atoms with E-state index < -0.39 is 0 Å². The van der Waals surface area contributed by atoms with E-state index in [4.69, 9.17) is 27.6 Å². The normalized spacial score (nSPS) is 12.4. The fourth-order valence-electron chi connectivity index (χ4n) is 5.93. The summed E-state index contributed by atoms with van der Waals surface area (Å²) < 4.78 is 23.7. The van der Waals surface area contributed by atoms with Gasteiger partial charge in [0.2, 0.25) is 0 Å². The third-order valence-corrected chi connectivity index (χ3v) is 7.82. The predicted octanol–water partition coefficient (Wildman–Crippen LogP) is 9.70. The molecule has 7 aromatic rings. The molecule has 2 aliphatic rings. The SMILES string of the molecule is C1=Cc2nc1c(-c1ccco1)c1nc(c(-c3ccco3)c3ccc([nH]3)c(-c3ccco3)c3ccc([nH]3)c2-c2ccco2)C=C1. The monoisotopic (exact) mass is 574 g/mol. The summed E-state index contributed by atoms with van der Waals surface area (Å²) in [6, 6.07) is 23.4. The van der Waals surface area contributed by atoms with Crippen molar-refractivity contribution in [3.05, 3.63) is 121 Å². The Hall–Kier alpha value is -6.28. The maximum atomic E-state index is 5.94. The van der Waals surface area contributed by atoms with Crippen molar-refractivity contribution in [2.75, 3.05) is 0 Å². The Balaban J connectivity index is 1.49. The van der Waals surface area contributed by atoms with Gasteiger partial charge in [0.05, 0.1) is 92.1 Å². The minimum absolute atomic E-state index is 0.668. The van der Waals surface area contributed by atoms with Gasteiger partial charge in [-0.2, -0.15) is 0 Å². The maximum absolute atomic E-state index is 5.94. The van der Waals surface area contributed by atoms with Gasteiger partial charge in [0.1, 0.15) is 23.0 Å². The highest BCUT2D eigenvalue weighted by molar-refractivity contribution is 5.98. The first kappa shape index (κ1) is 24.3. The predicted molar refractivity (Wildman–Crippen MR) is 170 cm³/mol. The minimum atomic E-state index is 0.668. The van der Waals surface area contributed by atoms with E-state index in [9.17, 15) is 0 Å². The van der Waals surface area contributed by atoms with E-state index >= 15 is 0 Å². The summed E-state index contributed by atoms with van der Waals surface area (Å²) in [5.41, 5.74) is 9.68. The molecule has 0 amide bonds. The molecule has 0 saturated carbocycles. The van der Waals surface area contributed by atoms with Gasteiger partial charge in [-0.1, -0.05) is 0 Å². The second-order valence-electron chi connectivity index (χ2n) is 10.4. The third kappa shape index (κ3) is 3.85. The van der Waals surface area contributed by atoms with Crippen molar-refractivity contribution in [2.45, 2.75) is 0 Å². The van der Waals surface area contributed by atoms with E-state index in [1.807, 2.05) is 97.1 Å². The lowest BCUT2D eigenvalue weighted by atomic mass is 10.1. The van der Waals surface area contributed by atoms with Crippen LogP contribution in [0.4, 0.5) is 0 Å². The van der Waals surface area contributed by atoms with E-state index in [0.717, 1.165) is 67.1 Å². The molecule has 44 heavy (non-hydrogen) atoms. The van der Waals surface area contributed by atoms with Crippen LogP contribution in [-0.2, 0) is 0 Å². The van der Waals surface area contributed by atoms with Crippen LogP contribution < -0.4 is 0 Å². The quantitative estimate of drug-likeness (QED) is 0.216. The molecule has 9 rings (SSSR count). The number of H-pyrrole nitrogens is 2. The van der Waals surface area contributed by atoms with E-state index in [0.29, 0.717) is 23.0 Å². The van der Waals surface area contributed by atoms with Gasteiger partial charge in [-0.15, -0.1) is 0 Å². The van der Waals surface area contributed by atoms with Crippen molar-refractivity contribution in [2.24, 2.45) is 0 Å². The summed E-state index contributed by atoms with van der Waals surface area (Å²) in [6.07, 6.45) is 14.6. The summed E-state index contributed by atoms with van der Waals surface area (Å²) in [4.78, 5) is 17.5. The molecule has 210 valence electrons. The van der Waals surface area contributed by atoms with Gasteiger partial charge >= 0.3 is 0 Å². The number of rotatable bonds is 4. The molecule has 0 aliphatic carbocycles. The molecule has 2 N–H and O–H groups in total. The number of aromatic nitrogens is 4. The Bertz CT molecular complexity index is 2230. The molecule has 8 nitrogen and oxygen atoms in total. The van der Waals surface area contributed by atoms with Gasteiger partial charge < -0.3 is 27.6 Å². The number of hydrogen-bond donors (Lipinski definition) is 2. The number of hydrogen-bond acceptors (Lipinski definition) is 6. The largest absolute Gasteiger partial charge is 0.464 e. The molecule has 0 spiro atoms. The Morgan fingerprint density at radius 2 is 0.682 bits per heavy atom. The van der Waals surface area contributed by atoms with Crippen LogP contribution in [0.5, 0.6) is 0 Å². The highest BCUT2D eigenvalue weighted by Crippen LogP contribution is 2.38. The van der Waals surface area contributed by atoms with Gasteiger partial charge in [0.25, 0.3) is 0 Å². The highest BCUT2D eigenvalue weighted by atomic mass is 16.3. The van der Waals surface area contributed by atoms with E-state index in [2.05, 4.69) is 9.97 Å². The van der Waals surface area contributed by atoms with Crippen molar-refractivity contribution in [1.29, 1.82) is 0 Å². The first-order valence-corrected chi connectivity index (χ1v) is 14.1. The fourth-order valence-corrected chi connectivity index (χ4v) is 5.93. The minimum Gasteiger partial charge on any atom is -0.464 e. The van der Waals surface area contributed by atoms with Crippen molar-refractivity contribution in [3.8, 4) is 45.3 Å². The van der Waals surface area contributed by atoms with Crippen LogP contribution in [0.15, 0.2) is 116 Å². The van der Waals surface area contributed by atoms with Crippen molar-refractivity contribution in [3.63, 3.8) is 0 Å². The van der Waals surface area contributed by atoms with Crippen LogP contribution in [0.25, 0.3) is 91.7 Å². The number of aromatic amines is 2. The van der Waals surface area contributed by atoms with Gasteiger partial charge in [-0.05, 0) is 97.1 Å². The molecule has 0 atom stereocenters. The Morgan fingerprint density at radius 1 is 0.364 bits per heavy atom. The standard InChI is InChI=1S/C36H22N4O4/c1-5-29(41-17-1)33-21-9-11-23(37-21)34(30-6-2-18-42-30)25-13-15-27(39-25)36(32-8-4-20-44-32)28-16-14-26(40-28)35(31-7-3-19-43-31)24-12-10-22(33)38-24/h1-20,37-38H. The van der Waals surface area contributed by atoms with Crippen LogP contribution in [0.1, 0.15) is 22.8 Å². The van der Waals surface area contributed by atoms with Crippen LogP contribution in [0.3, 0.4) is 0 Å². The second-order valence-corrected chi connectivity index (χ2v) is 10.4. The lowest BCUT2D eigenvalue weighted by molar-refractivity contribution is 0.581. The number of nitrogens with one attached hydrogen (secondary N) is 2. The molecular weight excluding hydrogens is 552 g/mol. The van der Waals surface area contributed by atoms with Crippen molar-refractivity contribution < 1.29 is 17.7 Å². The number of fused-ring (bicyclic) bond motifs is 8. The molecular formula is C36H22N4O4. The van der Waals surface area contributed by atoms with E-state index in [1.165, 1.54) is 0 Å². The Morgan fingerprint density at radius 3 is 1.05 bits per heavy atom. The maximum Gasteiger partial charge on any atom is 0.138 e. The van der Waals surface area contributed by atoms with E-state index in [1.54, 1.807) is 25.1 Å². The zero-order valence-electron chi connectivity index (χ0n) is 23.1. The van der Waals surface area contributed by atoms with Crippen LogP contribution >= 0.6 is 0 Å². The zero-order valence-corrected chi connectivity index (χ0v) is 23.1. The van der Waals surface area contributed by atoms with Crippen LogP contribution in [-0.4, -0.2) is 19.9 Å². The molecule has 0 radical (unpaired) electrons. The summed E-state index contributed by atoms with van der Waals surface area (Å²) in [6.45, 7) is 0. The zero-order chi connectivity index (χ0) is 29.0. The Kier molecular flexibility index (Phi) is 5.33. The van der Waals surface area contributed by atoms with Gasteiger partial charge in [0.15, 0.2) is 0 Å². The average Bonchev–Trinajstić information content (AvgIpc) is 3.90. The van der Waals surface area contributed by atoms with Crippen LogP contribution in [0.2, 0.25) is 0 Å². The molecule has 2 aliphatic heterocycles. The first-order chi connectivity index (χ1) is 21.8. The highest BCUT2D eigenvalue weighted by Gasteiger charge is 2.21. The van der Waals surface area contributed by atoms with E-state index in [-0.39, 0.29) is 0 Å². The van der Waals surface area contributed by atoms with Crippen molar-refractivity contribution >= 4 is 46.4 Å². The molecule has 0 aromatic carbocycles. The number of furan rings is 4. The molecule has 9 heterocycles. The number of nitrogens with zero attached hydrogens (tertiary/aromatic N) is 2. The molecule has 8 bridgehead atoms. The van der Waals surface area contributed by atoms with Gasteiger partial charge in [0, 0.05) is 0 Å². The summed E-state index contributed by atoms with van der Waals surface area (Å²) in [7, 11) is 0. The Labute approximate surface area is 249 Å². The lowest BCUT2D eigenvalue weighted by Crippen LogP contribution is -1.89. The fraction of sp³-hybridized carbons (Fsp3) is 0. The van der Waals surface area contributed by atoms with Gasteiger partial charge in [-0.3, -0.25) is 0 Å². The second kappa shape index (κ2) is 9.64. The van der Waals surface area contributed by atoms with Crippen molar-refractivity contribution in [1.82, 2.24) is 19.9 Å².